The van der Waals surface area contributed by atoms with Crippen LogP contribution in [0.3, 0.4) is 0 Å². The van der Waals surface area contributed by atoms with Gasteiger partial charge >= 0.3 is 0 Å². The quantitative estimate of drug-likeness (QED) is 0.729. The van der Waals surface area contributed by atoms with E-state index in [1.165, 1.54) is 32.1 Å². The predicted molar refractivity (Wildman–Crippen MR) is 79.7 cm³/mol. The number of carbonyl (C=O) groups is 1. The van der Waals surface area contributed by atoms with E-state index in [1.54, 1.807) is 26.4 Å². The summed E-state index contributed by atoms with van der Waals surface area (Å²) in [5.74, 6) is 2.23. The van der Waals surface area contributed by atoms with Crippen LogP contribution in [0.4, 0.5) is 0 Å². The second kappa shape index (κ2) is 7.32. The van der Waals surface area contributed by atoms with E-state index >= 15 is 0 Å². The van der Waals surface area contributed by atoms with E-state index in [1.807, 2.05) is 6.07 Å². The molecule has 1 aromatic carbocycles. The van der Waals surface area contributed by atoms with E-state index in [-0.39, 0.29) is 5.78 Å². The highest BCUT2D eigenvalue weighted by Gasteiger charge is 2.17. The molecule has 2 rings (SSSR count). The van der Waals surface area contributed by atoms with Crippen LogP contribution >= 0.6 is 0 Å². The Bertz CT molecular complexity index is 448. The van der Waals surface area contributed by atoms with Crippen molar-refractivity contribution in [1.82, 2.24) is 0 Å². The number of Topliss-reactive ketones (excluding diaryl/α,β-unsaturated/α-hetero) is 1. The molecule has 0 atom stereocenters. The van der Waals surface area contributed by atoms with Gasteiger partial charge in [-0.3, -0.25) is 4.79 Å². The Morgan fingerprint density at radius 2 is 1.90 bits per heavy atom. The number of hydrogen-bond acceptors (Lipinski definition) is 3. The molecule has 1 aliphatic carbocycles. The molecule has 3 nitrogen and oxygen atoms in total. The van der Waals surface area contributed by atoms with Crippen LogP contribution in [0.2, 0.25) is 0 Å². The highest BCUT2D eigenvalue weighted by Crippen LogP contribution is 2.30. The van der Waals surface area contributed by atoms with Crippen LogP contribution in [0, 0.1) is 5.92 Å². The second-order valence-electron chi connectivity index (χ2n) is 5.53. The van der Waals surface area contributed by atoms with Gasteiger partial charge in [0.15, 0.2) is 5.78 Å². The number of ketones is 1. The molecular weight excluding hydrogens is 252 g/mol. The average molecular weight is 276 g/mol. The van der Waals surface area contributed by atoms with Crippen LogP contribution < -0.4 is 9.47 Å². The van der Waals surface area contributed by atoms with Crippen LogP contribution in [0.1, 0.15) is 55.3 Å². The number of hydrogen-bond donors (Lipinski definition) is 0. The molecule has 0 radical (unpaired) electrons. The lowest BCUT2D eigenvalue weighted by Crippen LogP contribution is -2.10. The van der Waals surface area contributed by atoms with Gasteiger partial charge in [0.25, 0.3) is 0 Å². The summed E-state index contributed by atoms with van der Waals surface area (Å²) in [6, 6.07) is 5.39. The number of carbonyl (C=O) groups excluding carboxylic acids is 1. The molecule has 20 heavy (non-hydrogen) atoms. The zero-order valence-corrected chi connectivity index (χ0v) is 12.5. The Morgan fingerprint density at radius 1 is 1.15 bits per heavy atom. The highest BCUT2D eigenvalue weighted by molar-refractivity contribution is 5.98. The van der Waals surface area contributed by atoms with Gasteiger partial charge < -0.3 is 9.47 Å². The minimum absolute atomic E-state index is 0.176. The predicted octanol–water partition coefficient (Wildman–Crippen LogP) is 4.25. The number of ether oxygens (including phenoxy) is 2. The third kappa shape index (κ3) is 3.75. The van der Waals surface area contributed by atoms with E-state index < -0.39 is 0 Å². The summed E-state index contributed by atoms with van der Waals surface area (Å²) < 4.78 is 10.5. The first-order chi connectivity index (χ1) is 9.74. The fraction of sp³-hybridized carbons (Fsp3) is 0.588. The van der Waals surface area contributed by atoms with E-state index in [0.717, 1.165) is 12.3 Å². The van der Waals surface area contributed by atoms with Gasteiger partial charge in [-0.1, -0.05) is 32.1 Å². The first-order valence-corrected chi connectivity index (χ1v) is 7.50. The Labute approximate surface area is 121 Å². The maximum atomic E-state index is 12.3. The summed E-state index contributed by atoms with van der Waals surface area (Å²) in [7, 11) is 3.20. The van der Waals surface area contributed by atoms with Crippen LogP contribution in [-0.4, -0.2) is 20.0 Å². The van der Waals surface area contributed by atoms with Crippen molar-refractivity contribution in [2.24, 2.45) is 5.92 Å². The lowest BCUT2D eigenvalue weighted by atomic mass is 9.85. The lowest BCUT2D eigenvalue weighted by Gasteiger charge is -2.21. The van der Waals surface area contributed by atoms with Crippen molar-refractivity contribution in [1.29, 1.82) is 0 Å². The lowest BCUT2D eigenvalue weighted by molar-refractivity contribution is 0.0967. The van der Waals surface area contributed by atoms with Gasteiger partial charge in [0.05, 0.1) is 19.8 Å². The van der Waals surface area contributed by atoms with Gasteiger partial charge in [0.2, 0.25) is 0 Å². The molecule has 0 saturated heterocycles. The Balaban J connectivity index is 1.97. The highest BCUT2D eigenvalue weighted by atomic mass is 16.5. The van der Waals surface area contributed by atoms with Crippen molar-refractivity contribution in [3.8, 4) is 11.5 Å². The van der Waals surface area contributed by atoms with Crippen LogP contribution in [0.5, 0.6) is 11.5 Å². The molecule has 0 heterocycles. The summed E-state index contributed by atoms with van der Waals surface area (Å²) in [6.07, 6.45) is 8.20. The molecule has 0 N–H and O–H groups in total. The van der Waals surface area contributed by atoms with Gasteiger partial charge in [-0.25, -0.2) is 0 Å². The zero-order chi connectivity index (χ0) is 14.4. The standard InChI is InChI=1S/C17H24O3/c1-19-14-9-10-15(17(12-14)20-2)16(18)11-8-13-6-4-3-5-7-13/h9-10,12-13H,3-8,11H2,1-2H3. The summed E-state index contributed by atoms with van der Waals surface area (Å²) in [6.45, 7) is 0. The molecule has 0 aliphatic heterocycles. The molecule has 0 aromatic heterocycles. The van der Waals surface area contributed by atoms with Crippen LogP contribution in [0.25, 0.3) is 0 Å². The number of methoxy groups -OCH3 is 2. The molecule has 1 saturated carbocycles. The van der Waals surface area contributed by atoms with Crippen molar-refractivity contribution in [3.05, 3.63) is 23.8 Å². The van der Waals surface area contributed by atoms with Gasteiger partial charge in [-0.15, -0.1) is 0 Å². The van der Waals surface area contributed by atoms with Crippen molar-refractivity contribution in [2.75, 3.05) is 14.2 Å². The van der Waals surface area contributed by atoms with Crippen molar-refractivity contribution in [2.45, 2.75) is 44.9 Å². The Kier molecular flexibility index (Phi) is 5.45. The van der Waals surface area contributed by atoms with Crippen molar-refractivity contribution in [3.63, 3.8) is 0 Å². The van der Waals surface area contributed by atoms with Crippen LogP contribution in [0.15, 0.2) is 18.2 Å². The smallest absolute Gasteiger partial charge is 0.166 e. The first kappa shape index (κ1) is 14.9. The molecule has 1 aliphatic rings. The average Bonchev–Trinajstić information content (AvgIpc) is 2.52. The maximum absolute atomic E-state index is 12.3. The molecule has 0 amide bonds. The van der Waals surface area contributed by atoms with Crippen molar-refractivity contribution >= 4 is 5.78 Å². The van der Waals surface area contributed by atoms with Gasteiger partial charge in [0, 0.05) is 12.5 Å². The van der Waals surface area contributed by atoms with E-state index in [4.69, 9.17) is 9.47 Å². The van der Waals surface area contributed by atoms with E-state index in [2.05, 4.69) is 0 Å². The van der Waals surface area contributed by atoms with Gasteiger partial charge in [-0.2, -0.15) is 0 Å². The van der Waals surface area contributed by atoms with E-state index in [9.17, 15) is 4.79 Å². The molecule has 110 valence electrons. The number of rotatable bonds is 6. The van der Waals surface area contributed by atoms with Crippen LogP contribution in [-0.2, 0) is 0 Å². The molecule has 3 heteroatoms. The summed E-state index contributed by atoms with van der Waals surface area (Å²) >= 11 is 0. The molecule has 1 aromatic rings. The fourth-order valence-corrected chi connectivity index (χ4v) is 2.97. The Morgan fingerprint density at radius 3 is 2.55 bits per heavy atom. The van der Waals surface area contributed by atoms with Crippen molar-refractivity contribution < 1.29 is 14.3 Å². The van der Waals surface area contributed by atoms with Gasteiger partial charge in [0.1, 0.15) is 11.5 Å². The summed E-state index contributed by atoms with van der Waals surface area (Å²) in [4.78, 5) is 12.3. The molecule has 0 unspecified atom stereocenters. The largest absolute Gasteiger partial charge is 0.497 e. The number of benzene rings is 1. The fourth-order valence-electron chi connectivity index (χ4n) is 2.97. The second-order valence-corrected chi connectivity index (χ2v) is 5.53. The normalized spacial score (nSPS) is 15.9. The monoisotopic (exact) mass is 276 g/mol. The topological polar surface area (TPSA) is 35.5 Å². The van der Waals surface area contributed by atoms with E-state index in [0.29, 0.717) is 23.5 Å². The Hall–Kier alpha value is -1.51. The third-order valence-electron chi connectivity index (χ3n) is 4.21. The molecule has 0 spiro atoms. The minimum Gasteiger partial charge on any atom is -0.497 e. The van der Waals surface area contributed by atoms with Gasteiger partial charge in [-0.05, 0) is 24.5 Å². The minimum atomic E-state index is 0.176. The summed E-state index contributed by atoms with van der Waals surface area (Å²) in [5.41, 5.74) is 0.670. The molecular formula is C17H24O3. The summed E-state index contributed by atoms with van der Waals surface area (Å²) in [5, 5.41) is 0. The SMILES string of the molecule is COc1ccc(C(=O)CCC2CCCCC2)c(OC)c1. The molecule has 0 bridgehead atoms. The maximum Gasteiger partial charge on any atom is 0.166 e. The first-order valence-electron chi connectivity index (χ1n) is 7.50. The third-order valence-corrected chi connectivity index (χ3v) is 4.21. The zero-order valence-electron chi connectivity index (χ0n) is 12.5. The molecule has 1 fully saturated rings.